The zero-order valence-electron chi connectivity index (χ0n) is 16.1. The molecule has 1 aromatic carbocycles. The summed E-state index contributed by atoms with van der Waals surface area (Å²) in [6.07, 6.45) is 1.41. The average molecular weight is 392 g/mol. The van der Waals surface area contributed by atoms with Crippen molar-refractivity contribution in [2.45, 2.75) is 20.0 Å². The van der Waals surface area contributed by atoms with E-state index in [1.807, 2.05) is 13.0 Å². The highest BCUT2D eigenvalue weighted by Crippen LogP contribution is 2.27. The van der Waals surface area contributed by atoms with E-state index in [1.54, 1.807) is 29.2 Å². The smallest absolute Gasteiger partial charge is 0.256 e. The molecule has 2 amide bonds. The molecule has 0 atom stereocenters. The van der Waals surface area contributed by atoms with Crippen LogP contribution in [0.5, 0.6) is 5.88 Å². The van der Waals surface area contributed by atoms with Gasteiger partial charge in [-0.25, -0.2) is 9.97 Å². The molecule has 0 radical (unpaired) electrons. The van der Waals surface area contributed by atoms with Gasteiger partial charge in [-0.1, -0.05) is 12.1 Å². The molecule has 0 aliphatic carbocycles. The largest absolute Gasteiger partial charge is 0.481 e. The minimum Gasteiger partial charge on any atom is -0.481 e. The van der Waals surface area contributed by atoms with Crippen molar-refractivity contribution in [1.29, 1.82) is 0 Å². The third kappa shape index (κ3) is 3.54. The Balaban J connectivity index is 1.52. The first-order valence-corrected chi connectivity index (χ1v) is 9.20. The van der Waals surface area contributed by atoms with Crippen molar-refractivity contribution in [3.05, 3.63) is 59.0 Å². The Kier molecular flexibility index (Phi) is 4.94. The Labute approximate surface area is 167 Å². The van der Waals surface area contributed by atoms with Crippen LogP contribution in [0, 0.1) is 0 Å². The number of aromatic amines is 1. The minimum atomic E-state index is -0.254. The number of nitrogens with one attached hydrogen (secondary N) is 2. The van der Waals surface area contributed by atoms with E-state index >= 15 is 0 Å². The normalized spacial score (nSPS) is 12.8. The first-order chi connectivity index (χ1) is 14.1. The molecule has 1 aliphatic rings. The molecular formula is C20H20N6O3. The van der Waals surface area contributed by atoms with Gasteiger partial charge in [0.25, 0.3) is 11.8 Å². The molecule has 2 N–H and O–H groups in total. The molecule has 0 unspecified atom stereocenters. The van der Waals surface area contributed by atoms with Crippen molar-refractivity contribution in [2.24, 2.45) is 0 Å². The number of fused-ring (bicyclic) bond motifs is 1. The third-order valence-electron chi connectivity index (χ3n) is 4.83. The first-order valence-electron chi connectivity index (χ1n) is 9.20. The Hall–Kier alpha value is -3.75. The predicted molar refractivity (Wildman–Crippen MR) is 104 cm³/mol. The van der Waals surface area contributed by atoms with Gasteiger partial charge in [0.15, 0.2) is 5.82 Å². The lowest BCUT2D eigenvalue weighted by molar-refractivity contribution is 0.0786. The number of H-pyrrole nitrogens is 1. The Morgan fingerprint density at radius 3 is 2.93 bits per heavy atom. The van der Waals surface area contributed by atoms with Crippen molar-refractivity contribution < 1.29 is 14.3 Å². The molecule has 0 saturated heterocycles. The fraction of sp³-hybridized carbons (Fsp3) is 0.250. The number of carbonyl (C=O) groups is 2. The van der Waals surface area contributed by atoms with Crippen LogP contribution < -0.4 is 10.1 Å². The molecule has 4 rings (SSSR count). The summed E-state index contributed by atoms with van der Waals surface area (Å²) >= 11 is 0. The van der Waals surface area contributed by atoms with Crippen molar-refractivity contribution in [3.63, 3.8) is 0 Å². The van der Waals surface area contributed by atoms with Crippen molar-refractivity contribution in [2.75, 3.05) is 13.7 Å². The zero-order chi connectivity index (χ0) is 20.4. The van der Waals surface area contributed by atoms with E-state index in [4.69, 9.17) is 4.74 Å². The summed E-state index contributed by atoms with van der Waals surface area (Å²) in [4.78, 5) is 35.4. The van der Waals surface area contributed by atoms with E-state index in [0.29, 0.717) is 47.2 Å². The van der Waals surface area contributed by atoms with Gasteiger partial charge in [0, 0.05) is 29.8 Å². The zero-order valence-corrected chi connectivity index (χ0v) is 16.1. The van der Waals surface area contributed by atoms with Crippen LogP contribution in [-0.4, -0.2) is 50.5 Å². The summed E-state index contributed by atoms with van der Waals surface area (Å²) < 4.78 is 5.37. The van der Waals surface area contributed by atoms with Gasteiger partial charge < -0.3 is 15.0 Å². The minimum absolute atomic E-state index is 0.0509. The SMILES string of the molecule is CCN1Cc2nc(OC)c(CNC(=O)c3cccc(-c4ncn[nH]4)c3)cc2C1=O. The number of ether oxygens (including phenoxy) is 1. The monoisotopic (exact) mass is 392 g/mol. The maximum Gasteiger partial charge on any atom is 0.256 e. The fourth-order valence-corrected chi connectivity index (χ4v) is 3.29. The lowest BCUT2D eigenvalue weighted by Crippen LogP contribution is -2.24. The van der Waals surface area contributed by atoms with E-state index in [0.717, 1.165) is 5.56 Å². The standard InChI is InChI=1S/C20H20N6O3/c1-3-26-10-16-15(20(26)28)8-14(19(24-16)29-2)9-21-18(27)13-6-4-5-12(7-13)17-22-11-23-25-17/h4-8,11H,3,9-10H2,1-2H3,(H,21,27)(H,22,23,25). The predicted octanol–water partition coefficient (Wildman–Crippen LogP) is 1.78. The van der Waals surface area contributed by atoms with E-state index in [1.165, 1.54) is 13.4 Å². The first kappa shape index (κ1) is 18.6. The molecule has 3 aromatic rings. The van der Waals surface area contributed by atoms with Crippen LogP contribution >= 0.6 is 0 Å². The molecule has 3 heterocycles. The molecule has 9 nitrogen and oxygen atoms in total. The second-order valence-corrected chi connectivity index (χ2v) is 6.57. The highest BCUT2D eigenvalue weighted by atomic mass is 16.5. The van der Waals surface area contributed by atoms with Gasteiger partial charge in [-0.3, -0.25) is 14.7 Å². The number of benzene rings is 1. The third-order valence-corrected chi connectivity index (χ3v) is 4.83. The van der Waals surface area contributed by atoms with Crippen LogP contribution in [0.4, 0.5) is 0 Å². The number of aromatic nitrogens is 4. The quantitative estimate of drug-likeness (QED) is 0.661. The summed E-state index contributed by atoms with van der Waals surface area (Å²) in [6, 6.07) is 8.83. The summed E-state index contributed by atoms with van der Waals surface area (Å²) in [5.74, 6) is 0.689. The number of hydrogen-bond donors (Lipinski definition) is 2. The Morgan fingerprint density at radius 2 is 2.21 bits per heavy atom. The van der Waals surface area contributed by atoms with Crippen molar-refractivity contribution >= 4 is 11.8 Å². The van der Waals surface area contributed by atoms with E-state index < -0.39 is 0 Å². The summed E-state index contributed by atoms with van der Waals surface area (Å²) in [7, 11) is 1.52. The molecule has 0 fully saturated rings. The van der Waals surface area contributed by atoms with Gasteiger partial charge >= 0.3 is 0 Å². The van der Waals surface area contributed by atoms with Crippen LogP contribution in [0.3, 0.4) is 0 Å². The highest BCUT2D eigenvalue weighted by Gasteiger charge is 2.29. The Morgan fingerprint density at radius 1 is 1.34 bits per heavy atom. The van der Waals surface area contributed by atoms with Crippen LogP contribution in [0.25, 0.3) is 11.4 Å². The number of rotatable bonds is 6. The molecule has 148 valence electrons. The van der Waals surface area contributed by atoms with E-state index in [2.05, 4.69) is 25.5 Å². The van der Waals surface area contributed by atoms with Gasteiger partial charge in [-0.15, -0.1) is 0 Å². The van der Waals surface area contributed by atoms with Crippen LogP contribution in [0.1, 0.15) is 38.9 Å². The number of hydrogen-bond acceptors (Lipinski definition) is 6. The molecule has 2 aromatic heterocycles. The second-order valence-electron chi connectivity index (χ2n) is 6.57. The maximum absolute atomic E-state index is 12.6. The van der Waals surface area contributed by atoms with Crippen LogP contribution in [0.2, 0.25) is 0 Å². The van der Waals surface area contributed by atoms with Gasteiger partial charge in [0.05, 0.1) is 24.9 Å². The molecule has 0 saturated carbocycles. The highest BCUT2D eigenvalue weighted by molar-refractivity contribution is 5.98. The fourth-order valence-electron chi connectivity index (χ4n) is 3.29. The van der Waals surface area contributed by atoms with Crippen molar-refractivity contribution in [1.82, 2.24) is 30.4 Å². The maximum atomic E-state index is 12.6. The van der Waals surface area contributed by atoms with Crippen LogP contribution in [-0.2, 0) is 13.1 Å². The molecule has 9 heteroatoms. The average Bonchev–Trinajstić information content (AvgIpc) is 3.40. The summed E-state index contributed by atoms with van der Waals surface area (Å²) in [6.45, 7) is 3.20. The molecule has 1 aliphatic heterocycles. The van der Waals surface area contributed by atoms with Gasteiger partial charge in [0.1, 0.15) is 6.33 Å². The topological polar surface area (TPSA) is 113 Å². The molecule has 0 spiro atoms. The lowest BCUT2D eigenvalue weighted by Gasteiger charge is -2.11. The second kappa shape index (κ2) is 7.70. The molecule has 0 bridgehead atoms. The van der Waals surface area contributed by atoms with Crippen molar-refractivity contribution in [3.8, 4) is 17.3 Å². The van der Waals surface area contributed by atoms with Gasteiger partial charge in [-0.2, -0.15) is 5.10 Å². The number of methoxy groups -OCH3 is 1. The van der Waals surface area contributed by atoms with Crippen LogP contribution in [0.15, 0.2) is 36.7 Å². The van der Waals surface area contributed by atoms with E-state index in [-0.39, 0.29) is 18.4 Å². The molecular weight excluding hydrogens is 372 g/mol. The number of carbonyl (C=O) groups excluding carboxylic acids is 2. The molecule has 29 heavy (non-hydrogen) atoms. The summed E-state index contributed by atoms with van der Waals surface area (Å²) in [5.41, 5.74) is 3.16. The number of amides is 2. The van der Waals surface area contributed by atoms with E-state index in [9.17, 15) is 9.59 Å². The van der Waals surface area contributed by atoms with Gasteiger partial charge in [-0.05, 0) is 25.1 Å². The number of pyridine rings is 1. The summed E-state index contributed by atoms with van der Waals surface area (Å²) in [5, 5.41) is 9.46. The van der Waals surface area contributed by atoms with Gasteiger partial charge in [0.2, 0.25) is 5.88 Å². The lowest BCUT2D eigenvalue weighted by atomic mass is 10.1. The number of nitrogens with zero attached hydrogens (tertiary/aromatic N) is 4. The Bertz CT molecular complexity index is 1060.